The Bertz CT molecular complexity index is 750. The van der Waals surface area contributed by atoms with Gasteiger partial charge in [-0.1, -0.05) is 34.1 Å². The van der Waals surface area contributed by atoms with Gasteiger partial charge in [-0.25, -0.2) is 0 Å². The number of rotatable bonds is 5. The van der Waals surface area contributed by atoms with E-state index in [1.165, 1.54) is 25.7 Å². The quantitative estimate of drug-likeness (QED) is 0.426. The number of nitrogens with one attached hydrogen (secondary N) is 1. The number of fused-ring (bicyclic) bond motifs is 5. The van der Waals surface area contributed by atoms with E-state index in [1.54, 1.807) is 6.19 Å². The van der Waals surface area contributed by atoms with Crippen LogP contribution < -0.4 is 5.32 Å². The van der Waals surface area contributed by atoms with Gasteiger partial charge in [-0.05, 0) is 104 Å². The molecule has 4 saturated carbocycles. The second-order valence-corrected chi connectivity index (χ2v) is 12.3. The molecule has 0 aromatic heterocycles. The van der Waals surface area contributed by atoms with Crippen LogP contribution in [0.4, 0.5) is 0 Å². The summed E-state index contributed by atoms with van der Waals surface area (Å²) in [6.07, 6.45) is 11.2. The highest BCUT2D eigenvalue weighted by molar-refractivity contribution is 5.77. The van der Waals surface area contributed by atoms with Crippen LogP contribution in [0.2, 0.25) is 0 Å². The van der Waals surface area contributed by atoms with Gasteiger partial charge < -0.3 is 10.2 Å². The number of aliphatic hydroxyl groups is 2. The molecule has 32 heavy (non-hydrogen) atoms. The number of amides is 1. The van der Waals surface area contributed by atoms with Gasteiger partial charge in [-0.3, -0.25) is 10.1 Å². The summed E-state index contributed by atoms with van der Waals surface area (Å²) in [5.41, 5.74) is 0.465. The van der Waals surface area contributed by atoms with Crippen LogP contribution in [0.25, 0.3) is 0 Å². The zero-order chi connectivity index (χ0) is 23.3. The predicted octanol–water partition coefficient (Wildman–Crippen LogP) is 4.63. The molecule has 0 spiro atoms. The Balaban J connectivity index is 1.56. The van der Waals surface area contributed by atoms with Crippen LogP contribution in [-0.4, -0.2) is 28.3 Å². The molecule has 4 aliphatic rings. The maximum atomic E-state index is 11.8. The van der Waals surface area contributed by atoms with E-state index >= 15 is 0 Å². The van der Waals surface area contributed by atoms with Gasteiger partial charge in [0.2, 0.25) is 5.91 Å². The van der Waals surface area contributed by atoms with Gasteiger partial charge in [0.15, 0.2) is 6.19 Å². The minimum absolute atomic E-state index is 0.172. The molecule has 11 atom stereocenters. The molecule has 0 aromatic rings. The molecule has 4 fully saturated rings. The third-order valence-electron chi connectivity index (χ3n) is 11.2. The molecule has 0 saturated heterocycles. The van der Waals surface area contributed by atoms with Crippen LogP contribution in [0.3, 0.4) is 0 Å². The minimum atomic E-state index is -0.256. The normalized spacial score (nSPS) is 48.7. The number of aliphatic hydroxyl groups excluding tert-OH is 2. The van der Waals surface area contributed by atoms with Crippen molar-refractivity contribution in [3.8, 4) is 6.19 Å². The van der Waals surface area contributed by atoms with Crippen molar-refractivity contribution >= 4 is 5.91 Å². The Kier molecular flexibility index (Phi) is 6.69. The smallest absolute Gasteiger partial charge is 0.232 e. The Labute approximate surface area is 194 Å². The van der Waals surface area contributed by atoms with Crippen molar-refractivity contribution in [3.63, 3.8) is 0 Å². The standard InChI is InChI=1S/C27H44N2O3/c1-5-18-22-14-17(30)10-12-27(22,4)21-11-13-26(3)19(7-8-20(26)24(21)25(18)32)16(2)6-9-23(31)29-15-28/h16-22,24-25,30,32H,5-14H2,1-4H3,(H,29,31)/t16-,17-,18-,19-,20+,21+,22+,24+,25-,26-,27-/m1/s1. The van der Waals surface area contributed by atoms with E-state index in [1.807, 2.05) is 0 Å². The lowest BCUT2D eigenvalue weighted by Crippen LogP contribution is -2.62. The average molecular weight is 445 g/mol. The molecular weight excluding hydrogens is 400 g/mol. The maximum absolute atomic E-state index is 11.8. The highest BCUT2D eigenvalue weighted by Gasteiger charge is 2.64. The van der Waals surface area contributed by atoms with Crippen LogP contribution in [0.1, 0.15) is 91.9 Å². The van der Waals surface area contributed by atoms with E-state index in [2.05, 4.69) is 33.0 Å². The Morgan fingerprint density at radius 3 is 2.47 bits per heavy atom. The van der Waals surface area contributed by atoms with Crippen molar-refractivity contribution < 1.29 is 15.0 Å². The summed E-state index contributed by atoms with van der Waals surface area (Å²) < 4.78 is 0. The van der Waals surface area contributed by atoms with Gasteiger partial charge in [0.05, 0.1) is 12.2 Å². The SMILES string of the molecule is CC[C@H]1[C@@H](O)[C@@H]2[C@H](CC[C@]3(C)[C@@H]([C@H](C)CCC(=O)NC#N)CC[C@@H]23)[C@@]2(C)CC[C@@H](O)C[C@@H]12. The fourth-order valence-electron chi connectivity index (χ4n) is 9.62. The molecular formula is C27H44N2O3. The van der Waals surface area contributed by atoms with Gasteiger partial charge in [-0.2, -0.15) is 5.26 Å². The minimum Gasteiger partial charge on any atom is -0.393 e. The van der Waals surface area contributed by atoms with Gasteiger partial charge >= 0.3 is 0 Å². The Morgan fingerprint density at radius 1 is 1.09 bits per heavy atom. The van der Waals surface area contributed by atoms with E-state index in [-0.39, 0.29) is 28.9 Å². The van der Waals surface area contributed by atoms with Crippen molar-refractivity contribution in [2.45, 2.75) is 104 Å². The van der Waals surface area contributed by atoms with Crippen molar-refractivity contribution in [3.05, 3.63) is 0 Å². The van der Waals surface area contributed by atoms with E-state index < -0.39 is 0 Å². The number of nitriles is 1. The topological polar surface area (TPSA) is 93.4 Å². The molecule has 0 bridgehead atoms. The molecule has 3 N–H and O–H groups in total. The van der Waals surface area contributed by atoms with Gasteiger partial charge in [-0.15, -0.1) is 0 Å². The molecule has 0 aromatic carbocycles. The number of hydrogen-bond acceptors (Lipinski definition) is 4. The van der Waals surface area contributed by atoms with Crippen molar-refractivity contribution in [2.75, 3.05) is 0 Å². The van der Waals surface area contributed by atoms with Crippen LogP contribution in [0.15, 0.2) is 0 Å². The van der Waals surface area contributed by atoms with E-state index in [9.17, 15) is 15.0 Å². The lowest BCUT2D eigenvalue weighted by molar-refractivity contribution is -0.203. The zero-order valence-electron chi connectivity index (χ0n) is 20.5. The first-order valence-electron chi connectivity index (χ1n) is 13.2. The maximum Gasteiger partial charge on any atom is 0.232 e. The lowest BCUT2D eigenvalue weighted by Gasteiger charge is -2.64. The second-order valence-electron chi connectivity index (χ2n) is 12.3. The van der Waals surface area contributed by atoms with Gasteiger partial charge in [0.1, 0.15) is 0 Å². The number of hydrogen-bond donors (Lipinski definition) is 3. The molecule has 180 valence electrons. The summed E-state index contributed by atoms with van der Waals surface area (Å²) >= 11 is 0. The first kappa shape index (κ1) is 24.0. The second kappa shape index (κ2) is 8.91. The van der Waals surface area contributed by atoms with E-state index in [0.29, 0.717) is 47.8 Å². The van der Waals surface area contributed by atoms with E-state index in [0.717, 1.165) is 32.1 Å². The summed E-state index contributed by atoms with van der Waals surface area (Å²) in [7, 11) is 0. The Hall–Kier alpha value is -1.12. The average Bonchev–Trinajstić information content (AvgIpc) is 3.11. The van der Waals surface area contributed by atoms with Crippen LogP contribution in [0.5, 0.6) is 0 Å². The summed E-state index contributed by atoms with van der Waals surface area (Å²) in [4.78, 5) is 11.8. The number of nitrogens with zero attached hydrogens (tertiary/aromatic N) is 1. The predicted molar refractivity (Wildman–Crippen MR) is 124 cm³/mol. The molecule has 4 aliphatic carbocycles. The summed E-state index contributed by atoms with van der Waals surface area (Å²) in [6.45, 7) is 9.48. The third-order valence-corrected chi connectivity index (χ3v) is 11.2. The van der Waals surface area contributed by atoms with Crippen LogP contribution >= 0.6 is 0 Å². The summed E-state index contributed by atoms with van der Waals surface area (Å²) in [6, 6.07) is 0. The van der Waals surface area contributed by atoms with Crippen molar-refractivity contribution in [2.24, 2.45) is 52.3 Å². The monoisotopic (exact) mass is 444 g/mol. The zero-order valence-corrected chi connectivity index (χ0v) is 20.5. The first-order valence-corrected chi connectivity index (χ1v) is 13.2. The van der Waals surface area contributed by atoms with Crippen LogP contribution in [0, 0.1) is 63.7 Å². The van der Waals surface area contributed by atoms with Gasteiger partial charge in [0.25, 0.3) is 0 Å². The molecule has 5 nitrogen and oxygen atoms in total. The molecule has 1 amide bonds. The molecule has 0 aliphatic heterocycles. The van der Waals surface area contributed by atoms with E-state index in [4.69, 9.17) is 5.26 Å². The fraction of sp³-hybridized carbons (Fsp3) is 0.926. The summed E-state index contributed by atoms with van der Waals surface area (Å²) in [5.74, 6) is 3.07. The Morgan fingerprint density at radius 2 is 1.78 bits per heavy atom. The molecule has 4 rings (SSSR count). The first-order chi connectivity index (χ1) is 15.2. The molecule has 0 radical (unpaired) electrons. The number of carbonyl (C=O) groups is 1. The molecule has 0 heterocycles. The van der Waals surface area contributed by atoms with Crippen LogP contribution in [-0.2, 0) is 4.79 Å². The lowest BCUT2D eigenvalue weighted by atomic mass is 9.41. The highest BCUT2D eigenvalue weighted by Crippen LogP contribution is 2.69. The van der Waals surface area contributed by atoms with Crippen molar-refractivity contribution in [1.82, 2.24) is 5.32 Å². The molecule has 0 unspecified atom stereocenters. The highest BCUT2D eigenvalue weighted by atomic mass is 16.3. The van der Waals surface area contributed by atoms with Crippen molar-refractivity contribution in [1.29, 1.82) is 5.26 Å². The largest absolute Gasteiger partial charge is 0.393 e. The van der Waals surface area contributed by atoms with Gasteiger partial charge in [0, 0.05) is 6.42 Å². The summed E-state index contributed by atoms with van der Waals surface area (Å²) in [5, 5.41) is 33.1. The number of carbonyl (C=O) groups excluding carboxylic acids is 1. The fourth-order valence-corrected chi connectivity index (χ4v) is 9.62. The third kappa shape index (κ3) is 3.70. The molecule has 5 heteroatoms.